The van der Waals surface area contributed by atoms with Crippen molar-refractivity contribution in [3.05, 3.63) is 0 Å². The van der Waals surface area contributed by atoms with Gasteiger partial charge in [0.2, 0.25) is 0 Å². The van der Waals surface area contributed by atoms with E-state index in [1.807, 2.05) is 0 Å². The fraction of sp³-hybridized carbons (Fsp3) is 1.00. The van der Waals surface area contributed by atoms with Crippen LogP contribution in [0.15, 0.2) is 0 Å². The fourth-order valence-electron chi connectivity index (χ4n) is 0.749. The molecule has 2 nitrogen and oxygen atoms in total. The van der Waals surface area contributed by atoms with Crippen LogP contribution in [0, 0.1) is 5.92 Å². The summed E-state index contributed by atoms with van der Waals surface area (Å²) in [5.41, 5.74) is 0. The molecule has 0 fully saturated rings. The minimum Gasteiger partial charge on any atom is -0.390 e. The third-order valence-corrected chi connectivity index (χ3v) is 6.87. The summed E-state index contributed by atoms with van der Waals surface area (Å²) in [4.78, 5) is 0. The van der Waals surface area contributed by atoms with Crippen molar-refractivity contribution in [2.24, 2.45) is 5.92 Å². The van der Waals surface area contributed by atoms with Crippen LogP contribution in [0.5, 0.6) is 0 Å². The Morgan fingerprint density at radius 2 is 1.73 bits per heavy atom. The van der Waals surface area contributed by atoms with Gasteiger partial charge < -0.3 is 8.85 Å². The predicted molar refractivity (Wildman–Crippen MR) is 53.0 cm³/mol. The number of halogens is 1. The molecule has 0 unspecified atom stereocenters. The standard InChI is InChI=1S/C7H17BrO2Si/c1-7(2)5-6-11(8,9-3)10-4/h7H,5-6H2,1-4H3. The average molecular weight is 241 g/mol. The number of rotatable bonds is 5. The van der Waals surface area contributed by atoms with Crippen LogP contribution in [0.3, 0.4) is 0 Å². The van der Waals surface area contributed by atoms with Crippen LogP contribution in [0.4, 0.5) is 0 Å². The molecule has 0 saturated heterocycles. The molecule has 0 spiro atoms. The van der Waals surface area contributed by atoms with Crippen LogP contribution in [-0.4, -0.2) is 21.4 Å². The van der Waals surface area contributed by atoms with Crippen molar-refractivity contribution in [2.75, 3.05) is 14.2 Å². The second-order valence-electron chi connectivity index (χ2n) is 3.00. The minimum atomic E-state index is -1.95. The predicted octanol–water partition coefficient (Wildman–Crippen LogP) is 2.66. The van der Waals surface area contributed by atoms with Gasteiger partial charge in [0.1, 0.15) is 0 Å². The molecule has 0 aliphatic heterocycles. The van der Waals surface area contributed by atoms with Crippen LogP contribution in [0.1, 0.15) is 20.3 Å². The van der Waals surface area contributed by atoms with Gasteiger partial charge in [0.05, 0.1) is 0 Å². The summed E-state index contributed by atoms with van der Waals surface area (Å²) < 4.78 is 10.5. The van der Waals surface area contributed by atoms with Crippen molar-refractivity contribution in [1.29, 1.82) is 0 Å². The first kappa shape index (κ1) is 11.6. The second kappa shape index (κ2) is 5.30. The fourth-order valence-corrected chi connectivity index (χ4v) is 2.93. The quantitative estimate of drug-likeness (QED) is 0.544. The van der Waals surface area contributed by atoms with Crippen molar-refractivity contribution in [1.82, 2.24) is 0 Å². The van der Waals surface area contributed by atoms with Crippen LogP contribution < -0.4 is 0 Å². The highest BCUT2D eigenvalue weighted by Crippen LogP contribution is 2.23. The molecule has 0 N–H and O–H groups in total. The van der Waals surface area contributed by atoms with Gasteiger partial charge in [-0.15, -0.1) is 0 Å². The van der Waals surface area contributed by atoms with Gasteiger partial charge in [-0.3, -0.25) is 0 Å². The zero-order valence-corrected chi connectivity index (χ0v) is 10.3. The van der Waals surface area contributed by atoms with Gasteiger partial charge in [0.15, 0.2) is 0 Å². The first-order valence-electron chi connectivity index (χ1n) is 3.83. The lowest BCUT2D eigenvalue weighted by Gasteiger charge is -2.20. The SMILES string of the molecule is CO[Si](Br)(CCC(C)C)OC. The summed E-state index contributed by atoms with van der Waals surface area (Å²) in [6.07, 6.45) is 1.15. The van der Waals surface area contributed by atoms with Crippen LogP contribution >= 0.6 is 15.3 Å². The number of hydrogen-bond donors (Lipinski definition) is 0. The molecule has 0 saturated carbocycles. The zero-order chi connectivity index (χ0) is 8.91. The van der Waals surface area contributed by atoms with E-state index in [9.17, 15) is 0 Å². The van der Waals surface area contributed by atoms with E-state index < -0.39 is 7.18 Å². The molecule has 11 heavy (non-hydrogen) atoms. The Labute approximate surface area is 78.1 Å². The molecule has 68 valence electrons. The maximum atomic E-state index is 5.27. The van der Waals surface area contributed by atoms with Crippen molar-refractivity contribution in [3.8, 4) is 0 Å². The molecule has 0 heterocycles. The van der Waals surface area contributed by atoms with E-state index in [0.29, 0.717) is 5.92 Å². The highest BCUT2D eigenvalue weighted by molar-refractivity contribution is 9.25. The molecule has 0 aromatic rings. The molecule has 0 rings (SSSR count). The van der Waals surface area contributed by atoms with Gasteiger partial charge in [0.25, 0.3) is 0 Å². The summed E-state index contributed by atoms with van der Waals surface area (Å²) in [5, 5.41) is 0. The normalized spacial score (nSPS) is 12.5. The topological polar surface area (TPSA) is 18.5 Å². The smallest absolute Gasteiger partial charge is 0.390 e. The van der Waals surface area contributed by atoms with Crippen molar-refractivity contribution < 1.29 is 8.85 Å². The highest BCUT2D eigenvalue weighted by Gasteiger charge is 2.31. The van der Waals surface area contributed by atoms with Crippen molar-refractivity contribution >= 4 is 22.5 Å². The molecule has 0 aromatic carbocycles. The Bertz CT molecular complexity index is 105. The molecule has 0 amide bonds. The van der Waals surface area contributed by atoms with Crippen LogP contribution in [0.2, 0.25) is 6.04 Å². The van der Waals surface area contributed by atoms with Gasteiger partial charge >= 0.3 is 7.18 Å². The molecular weight excluding hydrogens is 224 g/mol. The Morgan fingerprint density at radius 3 is 2.00 bits per heavy atom. The maximum Gasteiger partial charge on any atom is 0.413 e. The Kier molecular flexibility index (Phi) is 5.59. The maximum absolute atomic E-state index is 5.27. The van der Waals surface area contributed by atoms with Gasteiger partial charge in [-0.2, -0.15) is 0 Å². The summed E-state index contributed by atoms with van der Waals surface area (Å²) in [7, 11) is 1.45. The van der Waals surface area contributed by atoms with Gasteiger partial charge in [-0.1, -0.05) is 29.1 Å². The lowest BCUT2D eigenvalue weighted by Crippen LogP contribution is -2.32. The van der Waals surface area contributed by atoms with Crippen LogP contribution in [0.25, 0.3) is 0 Å². The number of hydrogen-bond acceptors (Lipinski definition) is 2. The molecule has 4 heteroatoms. The van der Waals surface area contributed by atoms with E-state index in [4.69, 9.17) is 8.85 Å². The summed E-state index contributed by atoms with van der Waals surface area (Å²) in [6.45, 7) is 4.40. The van der Waals surface area contributed by atoms with E-state index in [-0.39, 0.29) is 0 Å². The Balaban J connectivity index is 3.69. The lowest BCUT2D eigenvalue weighted by molar-refractivity contribution is 0.267. The summed E-state index contributed by atoms with van der Waals surface area (Å²) in [5.74, 6) is 0.713. The minimum absolute atomic E-state index is 0.713. The van der Waals surface area contributed by atoms with Crippen molar-refractivity contribution in [2.45, 2.75) is 26.3 Å². The first-order chi connectivity index (χ1) is 5.04. The monoisotopic (exact) mass is 240 g/mol. The summed E-state index contributed by atoms with van der Waals surface area (Å²) in [6, 6.07) is 1.01. The van der Waals surface area contributed by atoms with E-state index >= 15 is 0 Å². The van der Waals surface area contributed by atoms with E-state index in [2.05, 4.69) is 29.1 Å². The third-order valence-electron chi connectivity index (χ3n) is 1.63. The van der Waals surface area contributed by atoms with Gasteiger partial charge in [-0.25, -0.2) is 0 Å². The van der Waals surface area contributed by atoms with Crippen molar-refractivity contribution in [3.63, 3.8) is 0 Å². The van der Waals surface area contributed by atoms with Crippen LogP contribution in [-0.2, 0) is 8.85 Å². The molecule has 0 aliphatic carbocycles. The molecule has 0 radical (unpaired) electrons. The van der Waals surface area contributed by atoms with E-state index in [1.165, 1.54) is 0 Å². The third kappa shape index (κ3) is 4.95. The van der Waals surface area contributed by atoms with E-state index in [0.717, 1.165) is 12.5 Å². The largest absolute Gasteiger partial charge is 0.413 e. The van der Waals surface area contributed by atoms with Gasteiger partial charge in [0, 0.05) is 20.3 Å². The Hall–Kier alpha value is 0.617. The highest BCUT2D eigenvalue weighted by atomic mass is 79.9. The van der Waals surface area contributed by atoms with Gasteiger partial charge in [-0.05, 0) is 12.3 Å². The van der Waals surface area contributed by atoms with E-state index in [1.54, 1.807) is 14.2 Å². The molecule has 0 atom stereocenters. The summed E-state index contributed by atoms with van der Waals surface area (Å²) >= 11 is 3.51. The lowest BCUT2D eigenvalue weighted by atomic mass is 10.2. The Morgan fingerprint density at radius 1 is 1.27 bits per heavy atom. The second-order valence-corrected chi connectivity index (χ2v) is 9.26. The molecule has 0 aromatic heterocycles. The molecule has 0 bridgehead atoms. The zero-order valence-electron chi connectivity index (χ0n) is 7.69. The first-order valence-corrected chi connectivity index (χ1v) is 8.11. The average Bonchev–Trinajstić information content (AvgIpc) is 2.00. The molecular formula is C7H17BrO2Si. The molecule has 0 aliphatic rings.